The van der Waals surface area contributed by atoms with Gasteiger partial charge in [0.05, 0.1) is 5.88 Å². The molecule has 18 heavy (non-hydrogen) atoms. The first-order chi connectivity index (χ1) is 8.48. The van der Waals surface area contributed by atoms with Crippen LogP contribution < -0.4 is 0 Å². The molecule has 5 heteroatoms. The van der Waals surface area contributed by atoms with Crippen molar-refractivity contribution in [3.05, 3.63) is 23.7 Å². The number of rotatable bonds is 4. The first-order valence-electron chi connectivity index (χ1n) is 5.90. The van der Waals surface area contributed by atoms with Gasteiger partial charge in [0.2, 0.25) is 0 Å². The van der Waals surface area contributed by atoms with Gasteiger partial charge in [-0.05, 0) is 38.7 Å². The molecule has 0 unspecified atom stereocenters. The van der Waals surface area contributed by atoms with Crippen molar-refractivity contribution in [3.63, 3.8) is 0 Å². The van der Waals surface area contributed by atoms with Gasteiger partial charge in [-0.1, -0.05) is 0 Å². The summed E-state index contributed by atoms with van der Waals surface area (Å²) in [7, 11) is 0. The van der Waals surface area contributed by atoms with Crippen LogP contribution in [0.2, 0.25) is 0 Å². The van der Waals surface area contributed by atoms with E-state index in [1.54, 1.807) is 0 Å². The number of nitrogens with zero attached hydrogens (tertiary/aromatic N) is 3. The van der Waals surface area contributed by atoms with Gasteiger partial charge in [-0.2, -0.15) is 11.8 Å². The van der Waals surface area contributed by atoms with Gasteiger partial charge in [0.1, 0.15) is 11.3 Å². The number of imidazole rings is 1. The van der Waals surface area contributed by atoms with Crippen LogP contribution >= 0.6 is 23.4 Å². The Kier molecular flexibility index (Phi) is 3.87. The van der Waals surface area contributed by atoms with Crippen molar-refractivity contribution in [2.24, 2.45) is 0 Å². The zero-order valence-corrected chi connectivity index (χ0v) is 12.8. The van der Waals surface area contributed by atoms with Gasteiger partial charge < -0.3 is 4.57 Å². The minimum Gasteiger partial charge on any atom is -0.310 e. The summed E-state index contributed by atoms with van der Waals surface area (Å²) in [6.45, 7) is 7.36. The van der Waals surface area contributed by atoms with E-state index in [4.69, 9.17) is 11.6 Å². The molecule has 2 aromatic rings. The molecule has 0 bridgehead atoms. The van der Waals surface area contributed by atoms with Crippen molar-refractivity contribution in [3.8, 4) is 0 Å². The number of aromatic nitrogens is 3. The van der Waals surface area contributed by atoms with Crippen molar-refractivity contribution < 1.29 is 0 Å². The van der Waals surface area contributed by atoms with Crippen molar-refractivity contribution in [2.75, 3.05) is 6.26 Å². The maximum atomic E-state index is 6.01. The van der Waals surface area contributed by atoms with Crippen LogP contribution in [-0.2, 0) is 12.4 Å². The Morgan fingerprint density at radius 2 is 2.17 bits per heavy atom. The standard InChI is InChI=1S/C13H18ClN3S/c1-9-5-6-15-12-11(9)16-10(7-14)17(12)8-13(2,3)18-4/h5-6H,7-8H2,1-4H3. The molecule has 0 amide bonds. The van der Waals surface area contributed by atoms with Crippen LogP contribution in [0.25, 0.3) is 11.2 Å². The summed E-state index contributed by atoms with van der Waals surface area (Å²) in [6, 6.07) is 1.98. The van der Waals surface area contributed by atoms with Crippen molar-refractivity contribution >= 4 is 34.5 Å². The number of halogens is 1. The molecule has 0 aromatic carbocycles. The van der Waals surface area contributed by atoms with Gasteiger partial charge in [-0.3, -0.25) is 0 Å². The first-order valence-corrected chi connectivity index (χ1v) is 7.66. The van der Waals surface area contributed by atoms with Gasteiger partial charge >= 0.3 is 0 Å². The summed E-state index contributed by atoms with van der Waals surface area (Å²) in [5.41, 5.74) is 3.05. The van der Waals surface area contributed by atoms with E-state index in [2.05, 4.69) is 41.6 Å². The highest BCUT2D eigenvalue weighted by Crippen LogP contribution is 2.27. The Balaban J connectivity index is 2.57. The molecule has 2 heterocycles. The highest BCUT2D eigenvalue weighted by molar-refractivity contribution is 7.99. The number of pyridine rings is 1. The molecule has 0 aliphatic carbocycles. The van der Waals surface area contributed by atoms with Gasteiger partial charge in [0.25, 0.3) is 0 Å². The Morgan fingerprint density at radius 3 is 2.78 bits per heavy atom. The highest BCUT2D eigenvalue weighted by atomic mass is 35.5. The minimum absolute atomic E-state index is 0.139. The Hall–Kier alpha value is -0.740. The molecule has 2 aromatic heterocycles. The Bertz CT molecular complexity index is 563. The lowest BCUT2D eigenvalue weighted by Gasteiger charge is -2.23. The highest BCUT2D eigenvalue weighted by Gasteiger charge is 2.21. The molecule has 0 aliphatic rings. The van der Waals surface area contributed by atoms with E-state index in [1.165, 1.54) is 0 Å². The minimum atomic E-state index is 0.139. The second-order valence-corrected chi connectivity index (χ2v) is 6.79. The molecule has 0 fully saturated rings. The van der Waals surface area contributed by atoms with E-state index < -0.39 is 0 Å². The van der Waals surface area contributed by atoms with E-state index >= 15 is 0 Å². The van der Waals surface area contributed by atoms with E-state index in [1.807, 2.05) is 24.0 Å². The number of thioether (sulfide) groups is 1. The molecule has 0 saturated carbocycles. The number of hydrogen-bond acceptors (Lipinski definition) is 3. The molecule has 0 atom stereocenters. The maximum absolute atomic E-state index is 6.01. The monoisotopic (exact) mass is 283 g/mol. The zero-order valence-electron chi connectivity index (χ0n) is 11.2. The number of alkyl halides is 1. The van der Waals surface area contributed by atoms with Crippen LogP contribution in [-0.4, -0.2) is 25.5 Å². The van der Waals surface area contributed by atoms with Crippen LogP contribution in [0, 0.1) is 6.92 Å². The molecule has 3 nitrogen and oxygen atoms in total. The summed E-state index contributed by atoms with van der Waals surface area (Å²) >= 11 is 7.85. The lowest BCUT2D eigenvalue weighted by molar-refractivity contribution is 0.564. The third kappa shape index (κ3) is 2.50. The first kappa shape index (κ1) is 13.7. The van der Waals surface area contributed by atoms with E-state index in [9.17, 15) is 0 Å². The average molecular weight is 284 g/mol. The average Bonchev–Trinajstić information content (AvgIpc) is 2.69. The third-order valence-corrected chi connectivity index (χ3v) is 4.60. The van der Waals surface area contributed by atoms with E-state index in [0.29, 0.717) is 5.88 Å². The number of aryl methyl sites for hydroxylation is 1. The van der Waals surface area contributed by atoms with Crippen LogP contribution in [0.1, 0.15) is 25.2 Å². The Morgan fingerprint density at radius 1 is 1.44 bits per heavy atom. The second-order valence-electron chi connectivity index (χ2n) is 5.01. The fourth-order valence-electron chi connectivity index (χ4n) is 1.90. The lowest BCUT2D eigenvalue weighted by atomic mass is 10.2. The Labute approximate surface area is 117 Å². The van der Waals surface area contributed by atoms with Gasteiger partial charge in [-0.25, -0.2) is 9.97 Å². The van der Waals surface area contributed by atoms with E-state index in [-0.39, 0.29) is 4.75 Å². The molecular weight excluding hydrogens is 266 g/mol. The fourth-order valence-corrected chi connectivity index (χ4v) is 2.36. The van der Waals surface area contributed by atoms with Crippen LogP contribution in [0.15, 0.2) is 12.3 Å². The quantitative estimate of drug-likeness (QED) is 0.803. The number of hydrogen-bond donors (Lipinski definition) is 0. The predicted molar refractivity (Wildman–Crippen MR) is 79.4 cm³/mol. The molecule has 0 radical (unpaired) electrons. The van der Waals surface area contributed by atoms with Crippen molar-refractivity contribution in [1.82, 2.24) is 14.5 Å². The normalized spacial score (nSPS) is 12.3. The summed E-state index contributed by atoms with van der Waals surface area (Å²) < 4.78 is 2.28. The molecule has 98 valence electrons. The van der Waals surface area contributed by atoms with Crippen molar-refractivity contribution in [2.45, 2.75) is 37.9 Å². The third-order valence-electron chi connectivity index (χ3n) is 3.13. The summed E-state index contributed by atoms with van der Waals surface area (Å²) in [6.07, 6.45) is 3.96. The van der Waals surface area contributed by atoms with Crippen molar-refractivity contribution in [1.29, 1.82) is 0 Å². The maximum Gasteiger partial charge on any atom is 0.160 e. The SMILES string of the molecule is CSC(C)(C)Cn1c(CCl)nc2c(C)ccnc21. The summed E-state index contributed by atoms with van der Waals surface area (Å²) in [4.78, 5) is 9.07. The second kappa shape index (κ2) is 5.10. The van der Waals surface area contributed by atoms with Crippen LogP contribution in [0.4, 0.5) is 0 Å². The molecule has 0 saturated heterocycles. The summed E-state index contributed by atoms with van der Waals surface area (Å²) in [5.74, 6) is 1.32. The molecule has 0 spiro atoms. The zero-order chi connectivity index (χ0) is 13.3. The molecular formula is C13H18ClN3S. The largest absolute Gasteiger partial charge is 0.310 e. The van der Waals surface area contributed by atoms with Gasteiger partial charge in [-0.15, -0.1) is 11.6 Å². The predicted octanol–water partition coefficient (Wildman–Crippen LogP) is 3.62. The number of fused-ring (bicyclic) bond motifs is 1. The lowest BCUT2D eigenvalue weighted by Crippen LogP contribution is -2.23. The molecule has 0 aliphatic heterocycles. The summed E-state index contributed by atoms with van der Waals surface area (Å²) in [5, 5.41) is 0. The van der Waals surface area contributed by atoms with E-state index in [0.717, 1.165) is 29.1 Å². The van der Waals surface area contributed by atoms with Crippen LogP contribution in [0.5, 0.6) is 0 Å². The smallest absolute Gasteiger partial charge is 0.160 e. The fraction of sp³-hybridized carbons (Fsp3) is 0.538. The van der Waals surface area contributed by atoms with Crippen LogP contribution in [0.3, 0.4) is 0 Å². The van der Waals surface area contributed by atoms with Gasteiger partial charge in [0.15, 0.2) is 5.65 Å². The topological polar surface area (TPSA) is 30.7 Å². The molecule has 0 N–H and O–H groups in total. The van der Waals surface area contributed by atoms with Gasteiger partial charge in [0, 0.05) is 17.5 Å². The molecule has 2 rings (SSSR count).